The number of aromatic nitrogens is 1. The summed E-state index contributed by atoms with van der Waals surface area (Å²) < 4.78 is 0. The second-order valence-corrected chi connectivity index (χ2v) is 5.48. The molecule has 0 aliphatic heterocycles. The quantitative estimate of drug-likeness (QED) is 0.598. The molecule has 1 aliphatic carbocycles. The predicted octanol–water partition coefficient (Wildman–Crippen LogP) is 2.09. The fourth-order valence-corrected chi connectivity index (χ4v) is 2.46. The monoisotopic (exact) mass is 301 g/mol. The second-order valence-electron chi connectivity index (χ2n) is 5.48. The minimum absolute atomic E-state index is 0.133. The lowest BCUT2D eigenvalue weighted by atomic mass is 9.97. The molecule has 0 atom stereocenters. The highest BCUT2D eigenvalue weighted by Crippen LogP contribution is 2.19. The summed E-state index contributed by atoms with van der Waals surface area (Å²) in [5.41, 5.74) is 2.20. The van der Waals surface area contributed by atoms with Gasteiger partial charge in [-0.15, -0.1) is 0 Å². The average molecular weight is 301 g/mol. The first kappa shape index (κ1) is 16.2. The van der Waals surface area contributed by atoms with Gasteiger partial charge in [0.2, 0.25) is 11.8 Å². The normalized spacial score (nSPS) is 14.1. The number of amides is 2. The van der Waals surface area contributed by atoms with E-state index in [1.807, 2.05) is 18.2 Å². The number of pyridine rings is 1. The summed E-state index contributed by atoms with van der Waals surface area (Å²) in [7, 11) is 0. The van der Waals surface area contributed by atoms with E-state index in [2.05, 4.69) is 21.7 Å². The van der Waals surface area contributed by atoms with Gasteiger partial charge in [0.15, 0.2) is 0 Å². The van der Waals surface area contributed by atoms with Crippen LogP contribution < -0.4 is 10.6 Å². The Balaban J connectivity index is 1.59. The van der Waals surface area contributed by atoms with Crippen molar-refractivity contribution in [3.8, 4) is 0 Å². The Bertz CT molecular complexity index is 526. The molecule has 2 amide bonds. The Kier molecular flexibility index (Phi) is 6.61. The fourth-order valence-electron chi connectivity index (χ4n) is 2.46. The largest absolute Gasteiger partial charge is 0.355 e. The molecule has 1 heterocycles. The average Bonchev–Trinajstić information content (AvgIpc) is 2.55. The van der Waals surface area contributed by atoms with Gasteiger partial charge in [-0.2, -0.15) is 0 Å². The van der Waals surface area contributed by atoms with Crippen LogP contribution in [0.25, 0.3) is 0 Å². The Labute approximate surface area is 131 Å². The molecular weight excluding hydrogens is 278 g/mol. The van der Waals surface area contributed by atoms with Crippen molar-refractivity contribution in [2.45, 2.75) is 45.1 Å². The first-order chi connectivity index (χ1) is 10.7. The van der Waals surface area contributed by atoms with Crippen molar-refractivity contribution in [1.82, 2.24) is 15.6 Å². The van der Waals surface area contributed by atoms with E-state index in [0.717, 1.165) is 25.0 Å². The van der Waals surface area contributed by atoms with E-state index < -0.39 is 0 Å². The molecular formula is C17H23N3O2. The Morgan fingerprint density at radius 1 is 1.14 bits per heavy atom. The van der Waals surface area contributed by atoms with E-state index in [0.29, 0.717) is 13.1 Å². The van der Waals surface area contributed by atoms with Crippen LogP contribution in [-0.2, 0) is 16.1 Å². The van der Waals surface area contributed by atoms with Crippen LogP contribution in [0, 0.1) is 0 Å². The van der Waals surface area contributed by atoms with Crippen LogP contribution in [0.4, 0.5) is 0 Å². The first-order valence-electron chi connectivity index (χ1n) is 7.85. The van der Waals surface area contributed by atoms with Crippen molar-refractivity contribution in [3.05, 3.63) is 41.7 Å². The van der Waals surface area contributed by atoms with Crippen molar-refractivity contribution < 1.29 is 9.59 Å². The molecule has 0 saturated carbocycles. The number of allylic oxidation sites excluding steroid dienone is 1. The van der Waals surface area contributed by atoms with Crippen LogP contribution in [0.5, 0.6) is 0 Å². The topological polar surface area (TPSA) is 71.1 Å². The van der Waals surface area contributed by atoms with Crippen molar-refractivity contribution in [3.63, 3.8) is 0 Å². The van der Waals surface area contributed by atoms with Gasteiger partial charge in [-0.25, -0.2) is 0 Å². The highest BCUT2D eigenvalue weighted by molar-refractivity contribution is 5.96. The number of carbonyl (C=O) groups is 2. The summed E-state index contributed by atoms with van der Waals surface area (Å²) in [5, 5.41) is 5.50. The van der Waals surface area contributed by atoms with Crippen LogP contribution >= 0.6 is 0 Å². The Hall–Kier alpha value is -2.17. The number of hydrogen-bond acceptors (Lipinski definition) is 3. The zero-order valence-electron chi connectivity index (χ0n) is 12.8. The van der Waals surface area contributed by atoms with Gasteiger partial charge in [-0.1, -0.05) is 17.7 Å². The number of rotatable bonds is 7. The van der Waals surface area contributed by atoms with E-state index in [-0.39, 0.29) is 18.2 Å². The van der Waals surface area contributed by atoms with Crippen molar-refractivity contribution in [1.29, 1.82) is 0 Å². The molecule has 0 spiro atoms. The summed E-state index contributed by atoms with van der Waals surface area (Å²) >= 11 is 0. The molecule has 118 valence electrons. The highest BCUT2D eigenvalue weighted by Gasteiger charge is 2.09. The minimum atomic E-state index is -0.278. The minimum Gasteiger partial charge on any atom is -0.355 e. The molecule has 0 radical (unpaired) electrons. The number of nitrogens with one attached hydrogen (secondary N) is 2. The van der Waals surface area contributed by atoms with Gasteiger partial charge in [0.1, 0.15) is 6.42 Å². The van der Waals surface area contributed by atoms with Crippen LogP contribution in [-0.4, -0.2) is 23.3 Å². The summed E-state index contributed by atoms with van der Waals surface area (Å²) in [5.74, 6) is -0.505. The lowest BCUT2D eigenvalue weighted by molar-refractivity contribution is -0.129. The molecule has 5 nitrogen and oxygen atoms in total. The molecule has 2 N–H and O–H groups in total. The van der Waals surface area contributed by atoms with Crippen molar-refractivity contribution in [2.75, 3.05) is 6.54 Å². The maximum absolute atomic E-state index is 11.7. The summed E-state index contributed by atoms with van der Waals surface area (Å²) in [6.45, 7) is 0.956. The van der Waals surface area contributed by atoms with Gasteiger partial charge < -0.3 is 10.6 Å². The molecule has 0 bridgehead atoms. The maximum Gasteiger partial charge on any atom is 0.229 e. The lowest BCUT2D eigenvalue weighted by Gasteiger charge is -2.12. The molecule has 0 fully saturated rings. The highest BCUT2D eigenvalue weighted by atomic mass is 16.2. The third kappa shape index (κ3) is 6.08. The molecule has 22 heavy (non-hydrogen) atoms. The van der Waals surface area contributed by atoms with E-state index in [9.17, 15) is 9.59 Å². The van der Waals surface area contributed by atoms with Crippen LogP contribution in [0.1, 0.15) is 44.2 Å². The summed E-state index contributed by atoms with van der Waals surface area (Å²) in [6.07, 6.45) is 9.51. The predicted molar refractivity (Wildman–Crippen MR) is 84.9 cm³/mol. The molecule has 0 unspecified atom stereocenters. The van der Waals surface area contributed by atoms with E-state index in [1.54, 1.807) is 6.20 Å². The smallest absolute Gasteiger partial charge is 0.229 e. The molecule has 5 heteroatoms. The van der Waals surface area contributed by atoms with Crippen LogP contribution in [0.3, 0.4) is 0 Å². The lowest BCUT2D eigenvalue weighted by Crippen LogP contribution is -2.32. The van der Waals surface area contributed by atoms with Gasteiger partial charge in [0.05, 0.1) is 12.2 Å². The molecule has 1 aliphatic rings. The number of hydrogen-bond donors (Lipinski definition) is 2. The zero-order valence-corrected chi connectivity index (χ0v) is 12.8. The third-order valence-corrected chi connectivity index (χ3v) is 3.67. The Morgan fingerprint density at radius 3 is 2.73 bits per heavy atom. The van der Waals surface area contributed by atoms with Gasteiger partial charge in [0.25, 0.3) is 0 Å². The number of carbonyl (C=O) groups excluding carboxylic acids is 2. The van der Waals surface area contributed by atoms with Gasteiger partial charge in [-0.05, 0) is 44.2 Å². The van der Waals surface area contributed by atoms with Crippen molar-refractivity contribution in [2.24, 2.45) is 0 Å². The Morgan fingerprint density at radius 2 is 2.00 bits per heavy atom. The summed E-state index contributed by atoms with van der Waals surface area (Å²) in [6, 6.07) is 5.51. The van der Waals surface area contributed by atoms with Crippen LogP contribution in [0.2, 0.25) is 0 Å². The molecule has 2 rings (SSSR count). The molecule has 1 aromatic heterocycles. The van der Waals surface area contributed by atoms with Crippen LogP contribution in [0.15, 0.2) is 36.0 Å². The summed E-state index contributed by atoms with van der Waals surface area (Å²) in [4.78, 5) is 27.5. The third-order valence-electron chi connectivity index (χ3n) is 3.67. The number of nitrogens with zero attached hydrogens (tertiary/aromatic N) is 1. The zero-order chi connectivity index (χ0) is 15.6. The van der Waals surface area contributed by atoms with Gasteiger partial charge in [0, 0.05) is 12.7 Å². The van der Waals surface area contributed by atoms with Gasteiger partial charge in [-0.3, -0.25) is 14.6 Å². The second kappa shape index (κ2) is 8.97. The molecule has 0 aromatic carbocycles. The van der Waals surface area contributed by atoms with E-state index >= 15 is 0 Å². The first-order valence-corrected chi connectivity index (χ1v) is 7.85. The molecule has 0 saturated heterocycles. The van der Waals surface area contributed by atoms with Gasteiger partial charge >= 0.3 is 0 Å². The maximum atomic E-state index is 11.7. The van der Waals surface area contributed by atoms with Crippen molar-refractivity contribution >= 4 is 11.8 Å². The standard InChI is InChI=1S/C17H23N3O2/c21-16(19-11-9-14-6-2-1-3-7-14)12-17(22)20-13-15-8-4-5-10-18-15/h4-6,8,10H,1-3,7,9,11-13H2,(H,19,21)(H,20,22). The van der Waals surface area contributed by atoms with E-state index in [4.69, 9.17) is 0 Å². The fraction of sp³-hybridized carbons (Fsp3) is 0.471. The molecule has 1 aromatic rings. The van der Waals surface area contributed by atoms with E-state index in [1.165, 1.54) is 18.4 Å². The SMILES string of the molecule is O=C(CC(=O)NCc1ccccn1)NCCC1=CCCCC1.